The topological polar surface area (TPSA) is 159 Å². The molecular formula is C29H28N8O6. The Bertz CT molecular complexity index is 1820. The highest BCUT2D eigenvalue weighted by Crippen LogP contribution is 2.35. The minimum atomic E-state index is -0.514. The molecule has 1 fully saturated rings. The Labute approximate surface area is 245 Å². The first kappa shape index (κ1) is 27.6. The van der Waals surface area contributed by atoms with Crippen LogP contribution in [-0.2, 0) is 4.74 Å². The SMILES string of the molecule is COC(=O)N(c1ccc([N+](=O)[O-])cc1)C1CCC(n2cc3cc(C(=O)Nc4cnc5cccnn45)c(OC)cc3n2)CC1. The number of amides is 2. The van der Waals surface area contributed by atoms with Gasteiger partial charge in [0, 0.05) is 47.7 Å². The predicted molar refractivity (Wildman–Crippen MR) is 156 cm³/mol. The van der Waals surface area contributed by atoms with Gasteiger partial charge in [-0.25, -0.2) is 9.78 Å². The lowest BCUT2D eigenvalue weighted by atomic mass is 9.90. The van der Waals surface area contributed by atoms with Crippen molar-refractivity contribution in [3.63, 3.8) is 0 Å². The molecule has 3 aromatic heterocycles. The van der Waals surface area contributed by atoms with E-state index in [1.54, 1.807) is 58.2 Å². The second-order valence-corrected chi connectivity index (χ2v) is 10.2. The first-order valence-electron chi connectivity index (χ1n) is 13.6. The Morgan fingerprint density at radius 1 is 1.09 bits per heavy atom. The second-order valence-electron chi connectivity index (χ2n) is 10.2. The fourth-order valence-electron chi connectivity index (χ4n) is 5.58. The van der Waals surface area contributed by atoms with Crippen molar-refractivity contribution in [2.45, 2.75) is 37.8 Å². The highest BCUT2D eigenvalue weighted by Gasteiger charge is 2.32. The van der Waals surface area contributed by atoms with Crippen molar-refractivity contribution in [2.24, 2.45) is 0 Å². The number of aromatic nitrogens is 5. The van der Waals surface area contributed by atoms with E-state index in [0.29, 0.717) is 46.8 Å². The van der Waals surface area contributed by atoms with E-state index in [0.717, 1.165) is 18.2 Å². The van der Waals surface area contributed by atoms with Crippen LogP contribution in [0.5, 0.6) is 5.75 Å². The number of fused-ring (bicyclic) bond motifs is 2. The summed E-state index contributed by atoms with van der Waals surface area (Å²) in [5.41, 5.74) is 2.14. The quantitative estimate of drug-likeness (QED) is 0.205. The van der Waals surface area contributed by atoms with Gasteiger partial charge in [0.25, 0.3) is 11.6 Å². The molecule has 6 rings (SSSR count). The number of hydrogen-bond donors (Lipinski definition) is 1. The van der Waals surface area contributed by atoms with E-state index in [4.69, 9.17) is 14.6 Å². The summed E-state index contributed by atoms with van der Waals surface area (Å²) in [7, 11) is 2.82. The molecule has 0 atom stereocenters. The predicted octanol–water partition coefficient (Wildman–Crippen LogP) is 5.00. The van der Waals surface area contributed by atoms with E-state index in [-0.39, 0.29) is 23.7 Å². The zero-order valence-electron chi connectivity index (χ0n) is 23.4. The molecule has 0 saturated heterocycles. The molecule has 1 aliphatic rings. The Hall–Kier alpha value is -5.53. The van der Waals surface area contributed by atoms with Crippen LogP contribution in [0.1, 0.15) is 42.1 Å². The van der Waals surface area contributed by atoms with Crippen molar-refractivity contribution in [3.8, 4) is 5.75 Å². The number of carbonyl (C=O) groups excluding carboxylic acids is 2. The normalized spacial score (nSPS) is 16.6. The smallest absolute Gasteiger partial charge is 0.414 e. The van der Waals surface area contributed by atoms with Gasteiger partial charge in [-0.15, -0.1) is 0 Å². The number of nitrogens with one attached hydrogen (secondary N) is 1. The third kappa shape index (κ3) is 5.29. The van der Waals surface area contributed by atoms with Gasteiger partial charge in [0.2, 0.25) is 0 Å². The summed E-state index contributed by atoms with van der Waals surface area (Å²) in [6.07, 6.45) is 7.40. The second kappa shape index (κ2) is 11.4. The van der Waals surface area contributed by atoms with Crippen LogP contribution in [0.3, 0.4) is 0 Å². The minimum absolute atomic E-state index is 0.0485. The van der Waals surface area contributed by atoms with Gasteiger partial charge in [-0.2, -0.15) is 14.7 Å². The fourth-order valence-corrected chi connectivity index (χ4v) is 5.58. The maximum Gasteiger partial charge on any atom is 0.414 e. The molecule has 220 valence electrons. The highest BCUT2D eigenvalue weighted by atomic mass is 16.6. The third-order valence-corrected chi connectivity index (χ3v) is 7.72. The first-order chi connectivity index (χ1) is 20.9. The molecule has 2 amide bonds. The van der Waals surface area contributed by atoms with Crippen molar-refractivity contribution in [1.82, 2.24) is 24.4 Å². The van der Waals surface area contributed by atoms with Gasteiger partial charge < -0.3 is 14.8 Å². The maximum absolute atomic E-state index is 13.3. The van der Waals surface area contributed by atoms with E-state index < -0.39 is 11.0 Å². The number of benzene rings is 2. The average Bonchev–Trinajstić information content (AvgIpc) is 3.64. The standard InChI is InChI=1S/C29H28N8O6/c1-42-25-15-24-18(14-23(25)28(38)32-27-16-30-26-4-3-13-31-36(26)27)17-34(33-24)19-5-7-20(8-6-19)35(29(39)43-2)21-9-11-22(12-10-21)37(40)41/h3-4,9-17,19-20H,5-8H2,1-2H3,(H,32,38). The van der Waals surface area contributed by atoms with Gasteiger partial charge in [-0.1, -0.05) is 0 Å². The van der Waals surface area contributed by atoms with Crippen LogP contribution < -0.4 is 15.0 Å². The molecule has 0 bridgehead atoms. The van der Waals surface area contributed by atoms with Crippen molar-refractivity contribution in [2.75, 3.05) is 24.4 Å². The number of nitro groups is 1. The third-order valence-electron chi connectivity index (χ3n) is 7.72. The van der Waals surface area contributed by atoms with Crippen LogP contribution in [-0.4, -0.2) is 61.6 Å². The first-order valence-corrected chi connectivity index (χ1v) is 13.6. The number of nitro benzene ring substituents is 1. The molecule has 2 aromatic carbocycles. The Kier molecular flexibility index (Phi) is 7.32. The van der Waals surface area contributed by atoms with Gasteiger partial charge >= 0.3 is 6.09 Å². The van der Waals surface area contributed by atoms with Crippen LogP contribution in [0.4, 0.5) is 22.0 Å². The number of imidazole rings is 1. The molecule has 14 nitrogen and oxygen atoms in total. The fraction of sp³-hybridized carbons (Fsp3) is 0.276. The molecule has 0 unspecified atom stereocenters. The molecular weight excluding hydrogens is 556 g/mol. The van der Waals surface area contributed by atoms with Crippen molar-refractivity contribution >= 4 is 45.7 Å². The largest absolute Gasteiger partial charge is 0.496 e. The summed E-state index contributed by atoms with van der Waals surface area (Å²) in [6, 6.07) is 12.9. The number of carbonyl (C=O) groups is 2. The molecule has 43 heavy (non-hydrogen) atoms. The lowest BCUT2D eigenvalue weighted by molar-refractivity contribution is -0.384. The average molecular weight is 585 g/mol. The van der Waals surface area contributed by atoms with Crippen molar-refractivity contribution in [1.29, 1.82) is 0 Å². The lowest BCUT2D eigenvalue weighted by Gasteiger charge is -2.36. The lowest BCUT2D eigenvalue weighted by Crippen LogP contribution is -2.42. The molecule has 1 aliphatic carbocycles. The molecule has 3 heterocycles. The van der Waals surface area contributed by atoms with Gasteiger partial charge in [0.15, 0.2) is 11.5 Å². The van der Waals surface area contributed by atoms with E-state index in [1.807, 2.05) is 10.9 Å². The molecule has 1 N–H and O–H groups in total. The minimum Gasteiger partial charge on any atom is -0.496 e. The Morgan fingerprint density at radius 2 is 1.86 bits per heavy atom. The molecule has 0 radical (unpaired) electrons. The van der Waals surface area contributed by atoms with Crippen molar-refractivity contribution < 1.29 is 24.0 Å². The Morgan fingerprint density at radius 3 is 2.56 bits per heavy atom. The molecule has 5 aromatic rings. The number of rotatable bonds is 7. The number of nitrogens with zero attached hydrogens (tertiary/aromatic N) is 7. The molecule has 14 heteroatoms. The molecule has 0 aliphatic heterocycles. The van der Waals surface area contributed by atoms with Crippen LogP contribution >= 0.6 is 0 Å². The zero-order chi connectivity index (χ0) is 30.1. The number of non-ortho nitro benzene ring substituents is 1. The van der Waals surface area contributed by atoms with Crippen molar-refractivity contribution in [3.05, 3.63) is 82.8 Å². The summed E-state index contributed by atoms with van der Waals surface area (Å²) in [4.78, 5) is 42.4. The van der Waals surface area contributed by atoms with E-state index in [2.05, 4.69) is 15.4 Å². The summed E-state index contributed by atoms with van der Waals surface area (Å²) in [5, 5.41) is 23.7. The summed E-state index contributed by atoms with van der Waals surface area (Å²) in [5.74, 6) is 0.455. The summed E-state index contributed by atoms with van der Waals surface area (Å²) < 4.78 is 14.0. The number of methoxy groups -OCH3 is 2. The maximum atomic E-state index is 13.3. The van der Waals surface area contributed by atoms with E-state index >= 15 is 0 Å². The number of ether oxygens (including phenoxy) is 2. The number of anilines is 2. The van der Waals surface area contributed by atoms with Crippen LogP contribution in [0, 0.1) is 10.1 Å². The van der Waals surface area contributed by atoms with Gasteiger partial charge in [-0.3, -0.25) is 24.5 Å². The highest BCUT2D eigenvalue weighted by molar-refractivity contribution is 6.08. The van der Waals surface area contributed by atoms with E-state index in [9.17, 15) is 19.7 Å². The van der Waals surface area contributed by atoms with Crippen LogP contribution in [0.25, 0.3) is 16.6 Å². The van der Waals surface area contributed by atoms with E-state index in [1.165, 1.54) is 26.4 Å². The van der Waals surface area contributed by atoms with Gasteiger partial charge in [0.05, 0.1) is 42.5 Å². The van der Waals surface area contributed by atoms with Crippen LogP contribution in [0.2, 0.25) is 0 Å². The number of hydrogen-bond acceptors (Lipinski definition) is 9. The van der Waals surface area contributed by atoms with Gasteiger partial charge in [-0.05, 0) is 56.0 Å². The van der Waals surface area contributed by atoms with Crippen LogP contribution in [0.15, 0.2) is 67.1 Å². The molecule has 1 saturated carbocycles. The monoisotopic (exact) mass is 584 g/mol. The Balaban J connectivity index is 1.19. The zero-order valence-corrected chi connectivity index (χ0v) is 23.4. The summed E-state index contributed by atoms with van der Waals surface area (Å²) >= 11 is 0. The van der Waals surface area contributed by atoms with Gasteiger partial charge in [0.1, 0.15) is 5.75 Å². The summed E-state index contributed by atoms with van der Waals surface area (Å²) in [6.45, 7) is 0. The molecule has 0 spiro atoms.